The molecule has 0 spiro atoms. The van der Waals surface area contributed by atoms with Gasteiger partial charge in [-0.05, 0) is 19.1 Å². The summed E-state index contributed by atoms with van der Waals surface area (Å²) in [6.07, 6.45) is -0.984. The Kier molecular flexibility index (Phi) is 2.29. The first-order valence-electron chi connectivity index (χ1n) is 3.16. The van der Waals surface area contributed by atoms with E-state index in [2.05, 4.69) is 0 Å². The van der Waals surface area contributed by atoms with Gasteiger partial charge in [-0.15, -0.1) is 0 Å². The number of para-hydroxylation sites is 1. The molecule has 0 fully saturated rings. The van der Waals surface area contributed by atoms with Crippen LogP contribution in [-0.2, 0) is 0 Å². The van der Waals surface area contributed by atoms with Gasteiger partial charge in [0, 0.05) is 6.29 Å². The second kappa shape index (κ2) is 3.22. The summed E-state index contributed by atoms with van der Waals surface area (Å²) in [5, 5.41) is 10.5. The van der Waals surface area contributed by atoms with Gasteiger partial charge in [0.1, 0.15) is 5.75 Å². The molecule has 0 aromatic heterocycles. The number of ether oxygens (including phenoxy) is 1. The van der Waals surface area contributed by atoms with Crippen LogP contribution in [0, 0.1) is 0 Å². The monoisotopic (exact) mass is 137 g/mol. The molecule has 0 heterocycles. The molecule has 54 valence electrons. The Morgan fingerprint density at radius 3 is 2.40 bits per heavy atom. The summed E-state index contributed by atoms with van der Waals surface area (Å²) in [5.74, 6) is 0.630. The smallest absolute Gasteiger partial charge is 0.117 e. The molecule has 1 aromatic rings. The molecule has 0 N–H and O–H groups in total. The molecule has 0 bridgehead atoms. The van der Waals surface area contributed by atoms with E-state index in [0.29, 0.717) is 5.75 Å². The molecule has 10 heavy (non-hydrogen) atoms. The molecule has 0 aliphatic carbocycles. The van der Waals surface area contributed by atoms with Crippen molar-refractivity contribution in [2.45, 2.75) is 13.2 Å². The minimum absolute atomic E-state index is 0.630. The molecule has 0 saturated heterocycles. The van der Waals surface area contributed by atoms with Gasteiger partial charge in [-0.2, -0.15) is 0 Å². The zero-order valence-electron chi connectivity index (χ0n) is 5.78. The normalized spacial score (nSPS) is 12.6. The van der Waals surface area contributed by atoms with Crippen LogP contribution in [0.2, 0.25) is 0 Å². The summed E-state index contributed by atoms with van der Waals surface area (Å²) in [4.78, 5) is 0. The van der Waals surface area contributed by atoms with Gasteiger partial charge in [-0.25, -0.2) is 0 Å². The van der Waals surface area contributed by atoms with Crippen molar-refractivity contribution < 1.29 is 9.84 Å². The van der Waals surface area contributed by atoms with Crippen molar-refractivity contribution in [3.8, 4) is 5.75 Å². The summed E-state index contributed by atoms with van der Waals surface area (Å²) in [6.45, 7) is 1.47. The van der Waals surface area contributed by atoms with Gasteiger partial charge in [-0.1, -0.05) is 18.2 Å². The fourth-order valence-electron chi connectivity index (χ4n) is 0.691. The van der Waals surface area contributed by atoms with E-state index in [4.69, 9.17) is 4.74 Å². The van der Waals surface area contributed by atoms with Crippen LogP contribution >= 0.6 is 0 Å². The van der Waals surface area contributed by atoms with E-state index in [1.54, 1.807) is 12.1 Å². The Morgan fingerprint density at radius 2 is 1.90 bits per heavy atom. The Balaban J connectivity index is 2.59. The first kappa shape index (κ1) is 7.09. The zero-order chi connectivity index (χ0) is 7.40. The highest BCUT2D eigenvalue weighted by molar-refractivity contribution is 5.20. The Morgan fingerprint density at radius 1 is 1.30 bits per heavy atom. The molecule has 0 amide bonds. The van der Waals surface area contributed by atoms with Crippen LogP contribution in [0.15, 0.2) is 30.3 Å². The van der Waals surface area contributed by atoms with Gasteiger partial charge in [0.25, 0.3) is 0 Å². The van der Waals surface area contributed by atoms with Gasteiger partial charge in [0.2, 0.25) is 0 Å². The molecular weight excluding hydrogens is 128 g/mol. The summed E-state index contributed by atoms with van der Waals surface area (Å²) in [7, 11) is 0. The van der Waals surface area contributed by atoms with Crippen LogP contribution in [0.3, 0.4) is 0 Å². The van der Waals surface area contributed by atoms with Crippen molar-refractivity contribution in [3.05, 3.63) is 30.3 Å². The van der Waals surface area contributed by atoms with E-state index >= 15 is 0 Å². The van der Waals surface area contributed by atoms with E-state index in [1.807, 2.05) is 18.2 Å². The highest BCUT2D eigenvalue weighted by Crippen LogP contribution is 2.08. The first-order valence-corrected chi connectivity index (χ1v) is 3.16. The van der Waals surface area contributed by atoms with Crippen molar-refractivity contribution in [2.24, 2.45) is 0 Å². The molecule has 0 radical (unpaired) electrons. The molecule has 0 aliphatic rings. The van der Waals surface area contributed by atoms with Crippen LogP contribution in [0.4, 0.5) is 0 Å². The molecule has 1 atom stereocenters. The minimum Gasteiger partial charge on any atom is -0.822 e. The van der Waals surface area contributed by atoms with Crippen LogP contribution in [0.5, 0.6) is 5.75 Å². The molecule has 2 heteroatoms. The van der Waals surface area contributed by atoms with Crippen LogP contribution in [0.25, 0.3) is 0 Å². The van der Waals surface area contributed by atoms with Crippen LogP contribution < -0.4 is 9.84 Å². The topological polar surface area (TPSA) is 32.3 Å². The SMILES string of the molecule is CC([O-])Oc1ccccc1. The first-order chi connectivity index (χ1) is 4.79. The molecular formula is C8H9O2-. The number of rotatable bonds is 2. The quantitative estimate of drug-likeness (QED) is 0.564. The molecule has 0 saturated carbocycles. The van der Waals surface area contributed by atoms with Gasteiger partial charge in [0.15, 0.2) is 0 Å². The predicted octanol–water partition coefficient (Wildman–Crippen LogP) is 0.772. The number of hydrogen-bond donors (Lipinski definition) is 0. The predicted molar refractivity (Wildman–Crippen MR) is 36.5 cm³/mol. The maximum absolute atomic E-state index is 10.5. The van der Waals surface area contributed by atoms with Crippen LogP contribution in [0.1, 0.15) is 6.92 Å². The summed E-state index contributed by atoms with van der Waals surface area (Å²) < 4.78 is 4.86. The van der Waals surface area contributed by atoms with Crippen molar-refractivity contribution >= 4 is 0 Å². The summed E-state index contributed by atoms with van der Waals surface area (Å²) in [6, 6.07) is 9.06. The molecule has 2 nitrogen and oxygen atoms in total. The third-order valence-electron chi connectivity index (χ3n) is 1.05. The second-order valence-electron chi connectivity index (χ2n) is 2.00. The molecule has 0 aliphatic heterocycles. The fourth-order valence-corrected chi connectivity index (χ4v) is 0.691. The van der Waals surface area contributed by atoms with E-state index in [-0.39, 0.29) is 0 Å². The lowest BCUT2D eigenvalue weighted by atomic mass is 10.3. The fraction of sp³-hybridized carbons (Fsp3) is 0.250. The third kappa shape index (κ3) is 2.07. The average molecular weight is 137 g/mol. The third-order valence-corrected chi connectivity index (χ3v) is 1.05. The summed E-state index contributed by atoms with van der Waals surface area (Å²) >= 11 is 0. The Hall–Kier alpha value is -1.02. The second-order valence-corrected chi connectivity index (χ2v) is 2.00. The zero-order valence-corrected chi connectivity index (χ0v) is 5.78. The average Bonchev–Trinajstić information content (AvgIpc) is 1.88. The Labute approximate surface area is 60.1 Å². The van der Waals surface area contributed by atoms with Crippen LogP contribution in [-0.4, -0.2) is 6.29 Å². The van der Waals surface area contributed by atoms with Crippen molar-refractivity contribution in [1.82, 2.24) is 0 Å². The number of hydrogen-bond acceptors (Lipinski definition) is 2. The lowest BCUT2D eigenvalue weighted by molar-refractivity contribution is -0.466. The lowest BCUT2D eigenvalue weighted by Crippen LogP contribution is -2.27. The van der Waals surface area contributed by atoms with Crippen molar-refractivity contribution in [2.75, 3.05) is 0 Å². The Bertz CT molecular complexity index is 182. The van der Waals surface area contributed by atoms with E-state index in [9.17, 15) is 5.11 Å². The highest BCUT2D eigenvalue weighted by Gasteiger charge is 1.87. The van der Waals surface area contributed by atoms with Gasteiger partial charge >= 0.3 is 0 Å². The van der Waals surface area contributed by atoms with E-state index < -0.39 is 6.29 Å². The van der Waals surface area contributed by atoms with Gasteiger partial charge < -0.3 is 9.84 Å². The van der Waals surface area contributed by atoms with E-state index in [0.717, 1.165) is 0 Å². The van der Waals surface area contributed by atoms with Crippen molar-refractivity contribution in [3.63, 3.8) is 0 Å². The van der Waals surface area contributed by atoms with Gasteiger partial charge in [-0.3, -0.25) is 0 Å². The maximum atomic E-state index is 10.5. The maximum Gasteiger partial charge on any atom is 0.117 e. The molecule has 1 rings (SSSR count). The van der Waals surface area contributed by atoms with E-state index in [1.165, 1.54) is 6.92 Å². The minimum atomic E-state index is -0.984. The van der Waals surface area contributed by atoms with Crippen molar-refractivity contribution in [1.29, 1.82) is 0 Å². The summed E-state index contributed by atoms with van der Waals surface area (Å²) in [5.41, 5.74) is 0. The van der Waals surface area contributed by atoms with Gasteiger partial charge in [0.05, 0.1) is 0 Å². The largest absolute Gasteiger partial charge is 0.822 e. The number of benzene rings is 1. The highest BCUT2D eigenvalue weighted by atomic mass is 16.6. The molecule has 1 unspecified atom stereocenters. The lowest BCUT2D eigenvalue weighted by Gasteiger charge is -2.17. The standard InChI is InChI=1S/C8H9O2/c1-7(9)10-8-5-3-2-4-6-8/h2-7H,1H3/q-1. The molecule has 1 aromatic carbocycles.